The summed E-state index contributed by atoms with van der Waals surface area (Å²) in [5.74, 6) is 0. The number of hydrogen-bond acceptors (Lipinski definition) is 4. The van der Waals surface area contributed by atoms with Gasteiger partial charge in [-0.05, 0) is 26.3 Å². The number of rotatable bonds is 7. The van der Waals surface area contributed by atoms with Crippen molar-refractivity contribution in [2.45, 2.75) is 31.7 Å². The van der Waals surface area contributed by atoms with E-state index in [9.17, 15) is 5.11 Å². The molecule has 2 fully saturated rings. The van der Waals surface area contributed by atoms with E-state index in [0.717, 1.165) is 39.3 Å². The molecule has 1 unspecified atom stereocenters. The highest BCUT2D eigenvalue weighted by molar-refractivity contribution is 4.91. The van der Waals surface area contributed by atoms with Crippen LogP contribution in [0.15, 0.2) is 0 Å². The second-order valence-electron chi connectivity index (χ2n) is 5.61. The number of ether oxygens (including phenoxy) is 1. The summed E-state index contributed by atoms with van der Waals surface area (Å²) in [7, 11) is 2.01. The zero-order valence-corrected chi connectivity index (χ0v) is 11.0. The Hall–Kier alpha value is -0.160. The minimum absolute atomic E-state index is 0.263. The summed E-state index contributed by atoms with van der Waals surface area (Å²) in [6.45, 7) is 4.92. The molecule has 0 radical (unpaired) electrons. The van der Waals surface area contributed by atoms with E-state index in [1.165, 1.54) is 19.3 Å². The van der Waals surface area contributed by atoms with Crippen molar-refractivity contribution in [2.24, 2.45) is 5.41 Å². The fourth-order valence-corrected chi connectivity index (χ4v) is 3.05. The average Bonchev–Trinajstić information content (AvgIpc) is 2.65. The molecule has 0 spiro atoms. The molecule has 1 heterocycles. The monoisotopic (exact) mass is 242 g/mol. The predicted octanol–water partition coefficient (Wildman–Crippen LogP) is 0.459. The lowest BCUT2D eigenvalue weighted by atomic mass is 9.83. The molecule has 0 aromatic rings. The van der Waals surface area contributed by atoms with Crippen molar-refractivity contribution in [3.05, 3.63) is 0 Å². The van der Waals surface area contributed by atoms with Gasteiger partial charge in [0.2, 0.25) is 0 Å². The van der Waals surface area contributed by atoms with Gasteiger partial charge in [0.05, 0.1) is 13.2 Å². The fourth-order valence-electron chi connectivity index (χ4n) is 3.05. The van der Waals surface area contributed by atoms with Gasteiger partial charge in [-0.25, -0.2) is 0 Å². The molecule has 1 aliphatic heterocycles. The molecule has 0 amide bonds. The summed E-state index contributed by atoms with van der Waals surface area (Å²) in [5, 5.41) is 12.5. The van der Waals surface area contributed by atoms with Crippen LogP contribution in [0.1, 0.15) is 25.7 Å². The van der Waals surface area contributed by atoms with Crippen molar-refractivity contribution in [3.63, 3.8) is 0 Å². The number of nitrogens with one attached hydrogen (secondary N) is 1. The Bertz CT molecular complexity index is 225. The number of hydrogen-bond donors (Lipinski definition) is 2. The quantitative estimate of drug-likeness (QED) is 0.681. The smallest absolute Gasteiger partial charge is 0.0558 e. The first kappa shape index (κ1) is 13.3. The van der Waals surface area contributed by atoms with Crippen molar-refractivity contribution in [1.82, 2.24) is 10.2 Å². The lowest BCUT2D eigenvalue weighted by Gasteiger charge is -2.42. The third kappa shape index (κ3) is 3.19. The molecule has 0 aromatic carbocycles. The highest BCUT2D eigenvalue weighted by Crippen LogP contribution is 2.33. The van der Waals surface area contributed by atoms with Crippen molar-refractivity contribution < 1.29 is 9.84 Å². The molecular formula is C13H26N2O2. The lowest BCUT2D eigenvalue weighted by Crippen LogP contribution is -2.50. The van der Waals surface area contributed by atoms with Gasteiger partial charge in [0.15, 0.2) is 0 Å². The molecule has 1 saturated heterocycles. The zero-order valence-electron chi connectivity index (χ0n) is 11.0. The summed E-state index contributed by atoms with van der Waals surface area (Å²) < 4.78 is 5.59. The second kappa shape index (κ2) is 6.14. The van der Waals surface area contributed by atoms with E-state index in [1.807, 2.05) is 7.05 Å². The highest BCUT2D eigenvalue weighted by Gasteiger charge is 2.38. The summed E-state index contributed by atoms with van der Waals surface area (Å²) in [6, 6.07) is 0.705. The molecule has 2 rings (SSSR count). The van der Waals surface area contributed by atoms with Crippen LogP contribution in [0.25, 0.3) is 0 Å². The van der Waals surface area contributed by atoms with Crippen molar-refractivity contribution in [3.8, 4) is 0 Å². The van der Waals surface area contributed by atoms with Gasteiger partial charge in [0.1, 0.15) is 0 Å². The standard InChI is InChI=1S/C13H26N2O2/c1-14-9-13(5-8-17-11-13)10-15(6-7-16)12-3-2-4-12/h12,14,16H,2-11H2,1H3. The summed E-state index contributed by atoms with van der Waals surface area (Å²) in [5.41, 5.74) is 0.263. The zero-order chi connectivity index (χ0) is 12.1. The van der Waals surface area contributed by atoms with Crippen LogP contribution in [0.2, 0.25) is 0 Å². The van der Waals surface area contributed by atoms with Crippen molar-refractivity contribution >= 4 is 0 Å². The Labute approximate surface area is 104 Å². The van der Waals surface area contributed by atoms with Gasteiger partial charge in [-0.15, -0.1) is 0 Å². The Morgan fingerprint density at radius 3 is 2.76 bits per heavy atom. The SMILES string of the molecule is CNCC1(CN(CCO)C2CCC2)CCOC1. The van der Waals surface area contributed by atoms with E-state index in [4.69, 9.17) is 4.74 Å². The van der Waals surface area contributed by atoms with E-state index in [-0.39, 0.29) is 12.0 Å². The van der Waals surface area contributed by atoms with E-state index in [2.05, 4.69) is 10.2 Å². The first-order valence-corrected chi connectivity index (χ1v) is 6.87. The molecule has 2 N–H and O–H groups in total. The van der Waals surface area contributed by atoms with Crippen molar-refractivity contribution in [1.29, 1.82) is 0 Å². The van der Waals surface area contributed by atoms with Gasteiger partial charge in [-0.2, -0.15) is 0 Å². The number of aliphatic hydroxyl groups is 1. The third-order valence-electron chi connectivity index (χ3n) is 4.25. The Morgan fingerprint density at radius 2 is 2.29 bits per heavy atom. The molecule has 1 saturated carbocycles. The molecule has 1 aliphatic carbocycles. The van der Waals surface area contributed by atoms with Gasteiger partial charge in [-0.3, -0.25) is 4.90 Å². The highest BCUT2D eigenvalue weighted by atomic mass is 16.5. The average molecular weight is 242 g/mol. The van der Waals surface area contributed by atoms with Crippen LogP contribution < -0.4 is 5.32 Å². The van der Waals surface area contributed by atoms with Gasteiger partial charge in [-0.1, -0.05) is 6.42 Å². The molecule has 0 bridgehead atoms. The van der Waals surface area contributed by atoms with Gasteiger partial charge < -0.3 is 15.2 Å². The molecular weight excluding hydrogens is 216 g/mol. The van der Waals surface area contributed by atoms with Gasteiger partial charge in [0, 0.05) is 37.7 Å². The van der Waals surface area contributed by atoms with E-state index in [1.54, 1.807) is 0 Å². The molecule has 17 heavy (non-hydrogen) atoms. The molecule has 100 valence electrons. The first-order chi connectivity index (χ1) is 8.29. The molecule has 2 aliphatic rings. The third-order valence-corrected chi connectivity index (χ3v) is 4.25. The first-order valence-electron chi connectivity index (χ1n) is 6.87. The van der Waals surface area contributed by atoms with Gasteiger partial charge >= 0.3 is 0 Å². The van der Waals surface area contributed by atoms with E-state index >= 15 is 0 Å². The van der Waals surface area contributed by atoms with Crippen LogP contribution >= 0.6 is 0 Å². The second-order valence-corrected chi connectivity index (χ2v) is 5.61. The van der Waals surface area contributed by atoms with Crippen LogP contribution in [-0.2, 0) is 4.74 Å². The summed E-state index contributed by atoms with van der Waals surface area (Å²) in [6.07, 6.45) is 5.09. The van der Waals surface area contributed by atoms with Gasteiger partial charge in [0.25, 0.3) is 0 Å². The Balaban J connectivity index is 1.93. The minimum Gasteiger partial charge on any atom is -0.395 e. The molecule has 1 atom stereocenters. The summed E-state index contributed by atoms with van der Waals surface area (Å²) in [4.78, 5) is 2.48. The number of nitrogens with zero attached hydrogens (tertiary/aromatic N) is 1. The van der Waals surface area contributed by atoms with Crippen LogP contribution in [0.5, 0.6) is 0 Å². The predicted molar refractivity (Wildman–Crippen MR) is 68.1 cm³/mol. The largest absolute Gasteiger partial charge is 0.395 e. The van der Waals surface area contributed by atoms with E-state index < -0.39 is 0 Å². The normalized spacial score (nSPS) is 29.8. The maximum absolute atomic E-state index is 9.20. The maximum Gasteiger partial charge on any atom is 0.0558 e. The lowest BCUT2D eigenvalue weighted by molar-refractivity contribution is 0.0452. The minimum atomic E-state index is 0.263. The van der Waals surface area contributed by atoms with Crippen molar-refractivity contribution in [2.75, 3.05) is 46.5 Å². The maximum atomic E-state index is 9.20. The fraction of sp³-hybridized carbons (Fsp3) is 1.00. The molecule has 4 heteroatoms. The van der Waals surface area contributed by atoms with E-state index in [0.29, 0.717) is 6.04 Å². The Kier molecular flexibility index (Phi) is 4.79. The topological polar surface area (TPSA) is 44.7 Å². The van der Waals surface area contributed by atoms with Crippen LogP contribution in [0.4, 0.5) is 0 Å². The van der Waals surface area contributed by atoms with Crippen LogP contribution in [0.3, 0.4) is 0 Å². The number of aliphatic hydroxyl groups excluding tert-OH is 1. The molecule has 4 nitrogen and oxygen atoms in total. The van der Waals surface area contributed by atoms with Crippen LogP contribution in [-0.4, -0.2) is 62.6 Å². The molecule has 0 aromatic heterocycles. The summed E-state index contributed by atoms with van der Waals surface area (Å²) >= 11 is 0. The van der Waals surface area contributed by atoms with Crippen LogP contribution in [0, 0.1) is 5.41 Å². The Morgan fingerprint density at radius 1 is 1.47 bits per heavy atom.